The lowest BCUT2D eigenvalue weighted by atomic mass is 10.1. The van der Waals surface area contributed by atoms with Crippen LogP contribution in [0.25, 0.3) is 0 Å². The van der Waals surface area contributed by atoms with E-state index in [0.717, 1.165) is 18.2 Å². The third-order valence-electron chi connectivity index (χ3n) is 1.98. The van der Waals surface area contributed by atoms with Crippen LogP contribution in [0, 0.1) is 22.5 Å². The van der Waals surface area contributed by atoms with Gasteiger partial charge in [-0.2, -0.15) is 0 Å². The Labute approximate surface area is 102 Å². The van der Waals surface area contributed by atoms with Gasteiger partial charge >= 0.3 is 5.97 Å². The lowest BCUT2D eigenvalue weighted by Crippen LogP contribution is -2.14. The first-order valence-corrected chi connectivity index (χ1v) is 4.70. The molecule has 0 aliphatic heterocycles. The molecule has 1 amide bonds. The Balaban J connectivity index is 3.16. The molecule has 2 N–H and O–H groups in total. The van der Waals surface area contributed by atoms with Gasteiger partial charge in [-0.25, -0.2) is 4.79 Å². The predicted octanol–water partition coefficient (Wildman–Crippen LogP) is 1.25. The minimum Gasteiger partial charge on any atom is -0.478 e. The zero-order valence-electron chi connectivity index (χ0n) is 9.04. The monoisotopic (exact) mass is 248 g/mol. The normalized spacial score (nSPS) is 9.28. The number of carbonyl (C=O) groups is 2. The molecular formula is C11H8N2O5. The number of aromatic carboxylic acids is 1. The average Bonchev–Trinajstić information content (AvgIpc) is 2.28. The van der Waals surface area contributed by atoms with Crippen LogP contribution in [0.4, 0.5) is 11.4 Å². The molecule has 0 bridgehead atoms. The van der Waals surface area contributed by atoms with E-state index in [1.807, 2.05) is 0 Å². The fourth-order valence-corrected chi connectivity index (χ4v) is 1.22. The van der Waals surface area contributed by atoms with E-state index < -0.39 is 16.8 Å². The van der Waals surface area contributed by atoms with Crippen LogP contribution in [0.2, 0.25) is 0 Å². The maximum absolute atomic E-state index is 11.3. The highest BCUT2D eigenvalue weighted by Crippen LogP contribution is 2.22. The van der Waals surface area contributed by atoms with Gasteiger partial charge in [0.25, 0.3) is 5.69 Å². The van der Waals surface area contributed by atoms with Crippen LogP contribution in [-0.2, 0) is 4.79 Å². The third kappa shape index (κ3) is 3.05. The van der Waals surface area contributed by atoms with E-state index in [2.05, 4.69) is 11.2 Å². The van der Waals surface area contributed by atoms with Gasteiger partial charge < -0.3 is 10.4 Å². The Kier molecular flexibility index (Phi) is 3.99. The molecule has 1 aromatic carbocycles. The predicted molar refractivity (Wildman–Crippen MR) is 62.1 cm³/mol. The van der Waals surface area contributed by atoms with Crippen molar-refractivity contribution in [3.8, 4) is 12.3 Å². The summed E-state index contributed by atoms with van der Waals surface area (Å²) in [6, 6.07) is 3.06. The van der Waals surface area contributed by atoms with Gasteiger partial charge in [-0.3, -0.25) is 14.9 Å². The van der Waals surface area contributed by atoms with E-state index >= 15 is 0 Å². The highest BCUT2D eigenvalue weighted by atomic mass is 16.6. The molecule has 0 aliphatic carbocycles. The number of terminal acetylenes is 1. The van der Waals surface area contributed by atoms with Crippen molar-refractivity contribution in [2.24, 2.45) is 0 Å². The second-order valence-electron chi connectivity index (χ2n) is 3.22. The second-order valence-corrected chi connectivity index (χ2v) is 3.22. The highest BCUT2D eigenvalue weighted by Gasteiger charge is 2.16. The van der Waals surface area contributed by atoms with Crippen molar-refractivity contribution < 1.29 is 19.6 Å². The van der Waals surface area contributed by atoms with Gasteiger partial charge in [-0.15, -0.1) is 6.42 Å². The number of nitrogens with zero attached hydrogens (tertiary/aromatic N) is 1. The number of nitrogens with one attached hydrogen (secondary N) is 1. The Hall–Kier alpha value is -2.88. The molecule has 0 saturated carbocycles. The van der Waals surface area contributed by atoms with Gasteiger partial charge in [0.15, 0.2) is 0 Å². The standard InChI is InChI=1S/C11H8N2O5/c1-2-3-10(14)12-9-6-7(13(17)18)4-5-8(9)11(15)16/h1,4-6H,3H2,(H,12,14)(H,15,16). The number of hydrogen-bond acceptors (Lipinski definition) is 4. The minimum atomic E-state index is -1.30. The molecule has 0 saturated heterocycles. The van der Waals surface area contributed by atoms with Gasteiger partial charge in [0.05, 0.1) is 22.6 Å². The van der Waals surface area contributed by atoms with Crippen molar-refractivity contribution in [3.05, 3.63) is 33.9 Å². The van der Waals surface area contributed by atoms with Crippen LogP contribution in [0.15, 0.2) is 18.2 Å². The number of anilines is 1. The van der Waals surface area contributed by atoms with E-state index in [9.17, 15) is 19.7 Å². The molecule has 0 heterocycles. The van der Waals surface area contributed by atoms with Crippen LogP contribution in [0.1, 0.15) is 16.8 Å². The molecule has 0 atom stereocenters. The Morgan fingerprint density at radius 1 is 1.50 bits per heavy atom. The Bertz CT molecular complexity index is 559. The average molecular weight is 248 g/mol. The fourth-order valence-electron chi connectivity index (χ4n) is 1.22. The Morgan fingerprint density at radius 3 is 2.67 bits per heavy atom. The summed E-state index contributed by atoms with van der Waals surface area (Å²) in [6.45, 7) is 0. The van der Waals surface area contributed by atoms with Gasteiger partial charge in [0.1, 0.15) is 0 Å². The first-order valence-electron chi connectivity index (χ1n) is 4.70. The molecule has 0 aromatic heterocycles. The number of rotatable bonds is 4. The topological polar surface area (TPSA) is 110 Å². The summed E-state index contributed by atoms with van der Waals surface area (Å²) in [6.07, 6.45) is 4.68. The van der Waals surface area contributed by atoms with Crippen LogP contribution in [0.3, 0.4) is 0 Å². The number of non-ortho nitro benzene ring substituents is 1. The molecule has 0 radical (unpaired) electrons. The summed E-state index contributed by atoms with van der Waals surface area (Å²) >= 11 is 0. The molecule has 0 spiro atoms. The summed E-state index contributed by atoms with van der Waals surface area (Å²) in [5, 5.41) is 21.7. The number of hydrogen-bond donors (Lipinski definition) is 2. The number of carboxylic acids is 1. The molecule has 7 heteroatoms. The molecule has 0 fully saturated rings. The number of nitro groups is 1. The van der Waals surface area contributed by atoms with Crippen LogP contribution in [0.5, 0.6) is 0 Å². The van der Waals surface area contributed by atoms with E-state index in [0.29, 0.717) is 0 Å². The molecule has 18 heavy (non-hydrogen) atoms. The SMILES string of the molecule is C#CCC(=O)Nc1cc([N+](=O)[O-])ccc1C(=O)O. The van der Waals surface area contributed by atoms with Crippen molar-refractivity contribution >= 4 is 23.3 Å². The largest absolute Gasteiger partial charge is 0.478 e. The fraction of sp³-hybridized carbons (Fsp3) is 0.0909. The van der Waals surface area contributed by atoms with E-state index in [1.54, 1.807) is 0 Å². The lowest BCUT2D eigenvalue weighted by molar-refractivity contribution is -0.384. The van der Waals surface area contributed by atoms with Gasteiger partial charge in [0, 0.05) is 12.1 Å². The number of nitro benzene ring substituents is 1. The summed E-state index contributed by atoms with van der Waals surface area (Å²) in [4.78, 5) is 32.0. The van der Waals surface area contributed by atoms with E-state index in [4.69, 9.17) is 11.5 Å². The first kappa shape index (κ1) is 13.2. The quantitative estimate of drug-likeness (QED) is 0.473. The van der Waals surface area contributed by atoms with Gasteiger partial charge in [-0.05, 0) is 6.07 Å². The zero-order chi connectivity index (χ0) is 13.7. The molecule has 92 valence electrons. The van der Waals surface area contributed by atoms with E-state index in [1.165, 1.54) is 0 Å². The molecule has 0 unspecified atom stereocenters. The molecule has 7 nitrogen and oxygen atoms in total. The van der Waals surface area contributed by atoms with Crippen molar-refractivity contribution in [1.29, 1.82) is 0 Å². The summed E-state index contributed by atoms with van der Waals surface area (Å²) in [5.41, 5.74) is -0.723. The number of carbonyl (C=O) groups excluding carboxylic acids is 1. The van der Waals surface area contributed by atoms with Crippen molar-refractivity contribution in [2.45, 2.75) is 6.42 Å². The van der Waals surface area contributed by atoms with Crippen molar-refractivity contribution in [1.82, 2.24) is 0 Å². The number of benzene rings is 1. The smallest absolute Gasteiger partial charge is 0.337 e. The van der Waals surface area contributed by atoms with Crippen LogP contribution >= 0.6 is 0 Å². The van der Waals surface area contributed by atoms with Crippen LogP contribution < -0.4 is 5.32 Å². The molecule has 1 aromatic rings. The molecule has 1 rings (SSSR count). The second kappa shape index (κ2) is 5.45. The maximum Gasteiger partial charge on any atom is 0.337 e. The highest BCUT2D eigenvalue weighted by molar-refractivity contribution is 6.01. The lowest BCUT2D eigenvalue weighted by Gasteiger charge is -2.06. The molecule has 0 aliphatic rings. The maximum atomic E-state index is 11.3. The van der Waals surface area contributed by atoms with Crippen molar-refractivity contribution in [3.63, 3.8) is 0 Å². The summed E-state index contributed by atoms with van der Waals surface area (Å²) in [7, 11) is 0. The van der Waals surface area contributed by atoms with Gasteiger partial charge in [0.2, 0.25) is 5.91 Å². The summed E-state index contributed by atoms with van der Waals surface area (Å²) < 4.78 is 0. The van der Waals surface area contributed by atoms with Crippen LogP contribution in [-0.4, -0.2) is 21.9 Å². The number of amides is 1. The summed E-state index contributed by atoms with van der Waals surface area (Å²) in [5.74, 6) is 0.165. The minimum absolute atomic E-state index is 0.156. The Morgan fingerprint density at radius 2 is 2.17 bits per heavy atom. The zero-order valence-corrected chi connectivity index (χ0v) is 9.04. The number of carboxylic acid groups (broad SMARTS) is 1. The van der Waals surface area contributed by atoms with E-state index in [-0.39, 0.29) is 23.4 Å². The molecular weight excluding hydrogens is 240 g/mol. The third-order valence-corrected chi connectivity index (χ3v) is 1.98. The van der Waals surface area contributed by atoms with Gasteiger partial charge in [-0.1, -0.05) is 5.92 Å². The first-order chi connectivity index (χ1) is 8.45. The van der Waals surface area contributed by atoms with Crippen molar-refractivity contribution in [2.75, 3.05) is 5.32 Å².